The number of hydrogen-bond acceptors (Lipinski definition) is 3. The molecule has 0 atom stereocenters. The Balaban J connectivity index is 1.20. The van der Waals surface area contributed by atoms with Gasteiger partial charge in [-0.25, -0.2) is 0 Å². The molecular formula is C23H35N5. The SMILES string of the molecule is CN=C(NCc1ccc(N2CC=CC2)cc1)NC1CCN(C2CCCC2)CC1. The van der Waals surface area contributed by atoms with Crippen molar-refractivity contribution < 1.29 is 0 Å². The molecule has 28 heavy (non-hydrogen) atoms. The molecule has 1 aromatic rings. The van der Waals surface area contributed by atoms with Crippen LogP contribution in [0.4, 0.5) is 5.69 Å². The lowest BCUT2D eigenvalue weighted by Crippen LogP contribution is -2.50. The summed E-state index contributed by atoms with van der Waals surface area (Å²) >= 11 is 0. The Bertz CT molecular complexity index is 659. The number of piperidine rings is 1. The van der Waals surface area contributed by atoms with E-state index in [2.05, 4.69) is 61.8 Å². The van der Waals surface area contributed by atoms with Crippen LogP contribution in [0.3, 0.4) is 0 Å². The van der Waals surface area contributed by atoms with Crippen LogP contribution in [0.25, 0.3) is 0 Å². The van der Waals surface area contributed by atoms with E-state index in [1.54, 1.807) is 0 Å². The van der Waals surface area contributed by atoms with E-state index < -0.39 is 0 Å². The van der Waals surface area contributed by atoms with Crippen molar-refractivity contribution in [3.8, 4) is 0 Å². The van der Waals surface area contributed by atoms with Crippen LogP contribution in [0, 0.1) is 0 Å². The molecular weight excluding hydrogens is 346 g/mol. The molecule has 0 aromatic heterocycles. The minimum atomic E-state index is 0.536. The van der Waals surface area contributed by atoms with Crippen LogP contribution in [0.5, 0.6) is 0 Å². The lowest BCUT2D eigenvalue weighted by molar-refractivity contribution is 0.150. The number of rotatable bonds is 5. The number of anilines is 1. The van der Waals surface area contributed by atoms with E-state index in [1.165, 1.54) is 62.9 Å². The number of aliphatic imine (C=N–C) groups is 1. The van der Waals surface area contributed by atoms with E-state index in [1.807, 2.05) is 7.05 Å². The van der Waals surface area contributed by atoms with E-state index in [-0.39, 0.29) is 0 Å². The summed E-state index contributed by atoms with van der Waals surface area (Å²) in [6.07, 6.45) is 12.6. The summed E-state index contributed by atoms with van der Waals surface area (Å²) in [6.45, 7) is 5.30. The molecule has 2 heterocycles. The molecule has 4 rings (SSSR count). The highest BCUT2D eigenvalue weighted by Crippen LogP contribution is 2.26. The van der Waals surface area contributed by atoms with Gasteiger partial charge in [-0.15, -0.1) is 0 Å². The number of benzene rings is 1. The topological polar surface area (TPSA) is 42.9 Å². The molecule has 0 spiro atoms. The monoisotopic (exact) mass is 381 g/mol. The summed E-state index contributed by atoms with van der Waals surface area (Å²) in [7, 11) is 1.87. The highest BCUT2D eigenvalue weighted by molar-refractivity contribution is 5.80. The molecule has 0 bridgehead atoms. The lowest BCUT2D eigenvalue weighted by atomic mass is 10.0. The van der Waals surface area contributed by atoms with Crippen molar-refractivity contribution in [2.45, 2.75) is 57.2 Å². The average Bonchev–Trinajstić information content (AvgIpc) is 3.46. The van der Waals surface area contributed by atoms with Gasteiger partial charge in [0.2, 0.25) is 0 Å². The number of nitrogens with zero attached hydrogens (tertiary/aromatic N) is 3. The van der Waals surface area contributed by atoms with Crippen LogP contribution in [0.1, 0.15) is 44.1 Å². The van der Waals surface area contributed by atoms with E-state index in [9.17, 15) is 0 Å². The lowest BCUT2D eigenvalue weighted by Gasteiger charge is -2.36. The summed E-state index contributed by atoms with van der Waals surface area (Å²) < 4.78 is 0. The second-order valence-corrected chi connectivity index (χ2v) is 8.36. The van der Waals surface area contributed by atoms with Gasteiger partial charge in [0.1, 0.15) is 0 Å². The number of likely N-dealkylation sites (tertiary alicyclic amines) is 1. The third kappa shape index (κ3) is 4.88. The fourth-order valence-corrected chi connectivity index (χ4v) is 4.77. The van der Waals surface area contributed by atoms with E-state index in [0.717, 1.165) is 31.6 Å². The Hall–Kier alpha value is -2.01. The van der Waals surface area contributed by atoms with Gasteiger partial charge < -0.3 is 20.4 Å². The Morgan fingerprint density at radius 3 is 2.32 bits per heavy atom. The van der Waals surface area contributed by atoms with Crippen molar-refractivity contribution in [1.29, 1.82) is 0 Å². The minimum absolute atomic E-state index is 0.536. The zero-order valence-electron chi connectivity index (χ0n) is 17.2. The molecule has 2 aliphatic heterocycles. The highest BCUT2D eigenvalue weighted by Gasteiger charge is 2.27. The molecule has 3 aliphatic rings. The number of hydrogen-bond donors (Lipinski definition) is 2. The van der Waals surface area contributed by atoms with Crippen molar-refractivity contribution in [1.82, 2.24) is 15.5 Å². The van der Waals surface area contributed by atoms with Crippen molar-refractivity contribution >= 4 is 11.6 Å². The van der Waals surface area contributed by atoms with Gasteiger partial charge in [-0.2, -0.15) is 0 Å². The van der Waals surface area contributed by atoms with Gasteiger partial charge in [0, 0.05) is 57.5 Å². The molecule has 0 radical (unpaired) electrons. The van der Waals surface area contributed by atoms with Crippen LogP contribution in [-0.4, -0.2) is 56.2 Å². The first kappa shape index (κ1) is 19.3. The largest absolute Gasteiger partial charge is 0.364 e. The second kappa shape index (κ2) is 9.46. The molecule has 1 saturated carbocycles. The number of guanidine groups is 1. The molecule has 1 aliphatic carbocycles. The van der Waals surface area contributed by atoms with Gasteiger partial charge in [-0.05, 0) is 43.4 Å². The maximum absolute atomic E-state index is 4.44. The maximum Gasteiger partial charge on any atom is 0.191 e. The first-order valence-electron chi connectivity index (χ1n) is 11.0. The average molecular weight is 382 g/mol. The third-order valence-corrected chi connectivity index (χ3v) is 6.51. The molecule has 2 fully saturated rings. The van der Waals surface area contributed by atoms with E-state index >= 15 is 0 Å². The molecule has 152 valence electrons. The number of nitrogens with one attached hydrogen (secondary N) is 2. The zero-order chi connectivity index (χ0) is 19.2. The molecule has 5 nitrogen and oxygen atoms in total. The first-order valence-corrected chi connectivity index (χ1v) is 11.0. The van der Waals surface area contributed by atoms with Gasteiger partial charge >= 0.3 is 0 Å². The molecule has 0 amide bonds. The van der Waals surface area contributed by atoms with Crippen LogP contribution >= 0.6 is 0 Å². The smallest absolute Gasteiger partial charge is 0.191 e. The second-order valence-electron chi connectivity index (χ2n) is 8.36. The van der Waals surface area contributed by atoms with Crippen molar-refractivity contribution in [2.75, 3.05) is 38.1 Å². The van der Waals surface area contributed by atoms with Gasteiger partial charge in [0.15, 0.2) is 5.96 Å². The third-order valence-electron chi connectivity index (χ3n) is 6.51. The normalized spacial score (nSPS) is 22.2. The summed E-state index contributed by atoms with van der Waals surface area (Å²) in [5.41, 5.74) is 2.58. The molecule has 5 heteroatoms. The van der Waals surface area contributed by atoms with Gasteiger partial charge in [0.25, 0.3) is 0 Å². The van der Waals surface area contributed by atoms with Crippen molar-refractivity contribution in [2.24, 2.45) is 4.99 Å². The fourth-order valence-electron chi connectivity index (χ4n) is 4.77. The molecule has 0 unspecified atom stereocenters. The fraction of sp³-hybridized carbons (Fsp3) is 0.609. The van der Waals surface area contributed by atoms with Crippen LogP contribution in [0.2, 0.25) is 0 Å². The molecule has 1 aromatic carbocycles. The minimum Gasteiger partial charge on any atom is -0.364 e. The van der Waals surface area contributed by atoms with Crippen molar-refractivity contribution in [3.05, 3.63) is 42.0 Å². The first-order chi connectivity index (χ1) is 13.8. The van der Waals surface area contributed by atoms with Crippen LogP contribution < -0.4 is 15.5 Å². The Morgan fingerprint density at radius 2 is 1.68 bits per heavy atom. The Kier molecular flexibility index (Phi) is 6.53. The summed E-state index contributed by atoms with van der Waals surface area (Å²) in [5.74, 6) is 0.923. The van der Waals surface area contributed by atoms with Crippen molar-refractivity contribution in [3.63, 3.8) is 0 Å². The molecule has 1 saturated heterocycles. The van der Waals surface area contributed by atoms with Gasteiger partial charge in [0.05, 0.1) is 0 Å². The van der Waals surface area contributed by atoms with Gasteiger partial charge in [-0.3, -0.25) is 4.99 Å². The summed E-state index contributed by atoms with van der Waals surface area (Å²) in [6, 6.07) is 10.3. The summed E-state index contributed by atoms with van der Waals surface area (Å²) in [5, 5.41) is 7.13. The summed E-state index contributed by atoms with van der Waals surface area (Å²) in [4.78, 5) is 9.53. The highest BCUT2D eigenvalue weighted by atomic mass is 15.2. The van der Waals surface area contributed by atoms with Gasteiger partial charge in [-0.1, -0.05) is 37.1 Å². The zero-order valence-corrected chi connectivity index (χ0v) is 17.2. The standard InChI is InChI=1S/C23H35N5/c1-24-23(26-20-12-16-28(17-13-20)21-6-2-3-7-21)25-18-19-8-10-22(11-9-19)27-14-4-5-15-27/h4-5,8-11,20-21H,2-3,6-7,12-18H2,1H3,(H2,24,25,26). The van der Waals surface area contributed by atoms with E-state index in [4.69, 9.17) is 0 Å². The predicted molar refractivity (Wildman–Crippen MR) is 118 cm³/mol. The molecule has 2 N–H and O–H groups in total. The quantitative estimate of drug-likeness (QED) is 0.467. The van der Waals surface area contributed by atoms with Crippen LogP contribution in [-0.2, 0) is 6.54 Å². The van der Waals surface area contributed by atoms with Crippen LogP contribution in [0.15, 0.2) is 41.4 Å². The Morgan fingerprint density at radius 1 is 1.00 bits per heavy atom. The van der Waals surface area contributed by atoms with E-state index in [0.29, 0.717) is 6.04 Å². The maximum atomic E-state index is 4.44. The Labute approximate surface area is 169 Å². The predicted octanol–water partition coefficient (Wildman–Crippen LogP) is 3.13.